The molecule has 158 valence electrons. The second-order valence-electron chi connectivity index (χ2n) is 8.26. The van der Waals surface area contributed by atoms with Gasteiger partial charge in [0, 0.05) is 9.79 Å². The van der Waals surface area contributed by atoms with E-state index in [1.54, 1.807) is 70.6 Å². The number of carbonyl (C=O) groups is 1. The minimum absolute atomic E-state index is 0.111. The van der Waals surface area contributed by atoms with Gasteiger partial charge in [0.15, 0.2) is 0 Å². The van der Waals surface area contributed by atoms with Crippen molar-refractivity contribution in [1.29, 1.82) is 0 Å². The SMILES string of the molecule is Cc1ccc(Sc2ccc(S(=O)(=O)N[C@H](C(=O)OC(C)(C)C)C(C)C)cc2)cc1. The maximum absolute atomic E-state index is 12.8. The first-order valence-corrected chi connectivity index (χ1v) is 11.8. The molecule has 0 saturated heterocycles. The fraction of sp³-hybridized carbons (Fsp3) is 0.409. The molecule has 1 N–H and O–H groups in total. The Labute approximate surface area is 178 Å². The first kappa shape index (κ1) is 23.4. The van der Waals surface area contributed by atoms with Crippen molar-refractivity contribution >= 4 is 27.8 Å². The van der Waals surface area contributed by atoms with Crippen molar-refractivity contribution in [1.82, 2.24) is 4.72 Å². The average Bonchev–Trinajstić information content (AvgIpc) is 2.60. The van der Waals surface area contributed by atoms with E-state index >= 15 is 0 Å². The summed E-state index contributed by atoms with van der Waals surface area (Å²) < 4.78 is 33.5. The molecule has 0 aliphatic rings. The molecule has 5 nitrogen and oxygen atoms in total. The van der Waals surface area contributed by atoms with E-state index in [9.17, 15) is 13.2 Å². The number of hydrogen-bond donors (Lipinski definition) is 1. The quantitative estimate of drug-likeness (QED) is 0.633. The van der Waals surface area contributed by atoms with E-state index in [4.69, 9.17) is 4.74 Å². The van der Waals surface area contributed by atoms with E-state index in [1.165, 1.54) is 5.56 Å². The van der Waals surface area contributed by atoms with E-state index < -0.39 is 27.6 Å². The Morgan fingerprint density at radius 1 is 0.966 bits per heavy atom. The number of nitrogens with one attached hydrogen (secondary N) is 1. The van der Waals surface area contributed by atoms with Gasteiger partial charge in [0.05, 0.1) is 4.90 Å². The Morgan fingerprint density at radius 3 is 1.90 bits per heavy atom. The summed E-state index contributed by atoms with van der Waals surface area (Å²) in [6.07, 6.45) is 0. The number of hydrogen-bond acceptors (Lipinski definition) is 5. The predicted octanol–water partition coefficient (Wildman–Crippen LogP) is 4.79. The van der Waals surface area contributed by atoms with Gasteiger partial charge in [-0.1, -0.05) is 43.3 Å². The van der Waals surface area contributed by atoms with Gasteiger partial charge in [-0.2, -0.15) is 4.72 Å². The summed E-state index contributed by atoms with van der Waals surface area (Å²) in [5.41, 5.74) is 0.497. The highest BCUT2D eigenvalue weighted by atomic mass is 32.2. The zero-order valence-electron chi connectivity index (χ0n) is 17.7. The zero-order chi connectivity index (χ0) is 21.8. The van der Waals surface area contributed by atoms with Crippen LogP contribution in [0, 0.1) is 12.8 Å². The third-order valence-corrected chi connectivity index (χ3v) is 6.47. The van der Waals surface area contributed by atoms with Gasteiger partial charge in [-0.05, 0) is 70.0 Å². The summed E-state index contributed by atoms with van der Waals surface area (Å²) in [7, 11) is -3.86. The van der Waals surface area contributed by atoms with Crippen LogP contribution in [0.25, 0.3) is 0 Å². The number of benzene rings is 2. The Morgan fingerprint density at radius 2 is 1.45 bits per heavy atom. The Kier molecular flexibility index (Phi) is 7.54. The first-order valence-electron chi connectivity index (χ1n) is 9.47. The van der Waals surface area contributed by atoms with Crippen LogP contribution in [0.4, 0.5) is 0 Å². The van der Waals surface area contributed by atoms with E-state index in [1.807, 2.05) is 31.2 Å². The molecule has 0 unspecified atom stereocenters. The van der Waals surface area contributed by atoms with Crippen molar-refractivity contribution in [3.8, 4) is 0 Å². The summed E-state index contributed by atoms with van der Waals surface area (Å²) in [6, 6.07) is 13.8. The third-order valence-electron chi connectivity index (χ3n) is 4.00. The molecule has 0 saturated carbocycles. The van der Waals surface area contributed by atoms with E-state index in [0.717, 1.165) is 9.79 Å². The summed E-state index contributed by atoms with van der Waals surface area (Å²) in [6.45, 7) is 10.8. The second kappa shape index (κ2) is 9.32. The smallest absolute Gasteiger partial charge is 0.324 e. The van der Waals surface area contributed by atoms with Gasteiger partial charge < -0.3 is 4.74 Å². The van der Waals surface area contributed by atoms with E-state index in [0.29, 0.717) is 0 Å². The molecular weight excluding hydrogens is 406 g/mol. The van der Waals surface area contributed by atoms with Crippen LogP contribution in [0.1, 0.15) is 40.2 Å². The minimum Gasteiger partial charge on any atom is -0.459 e. The molecule has 0 aromatic heterocycles. The van der Waals surface area contributed by atoms with Crippen molar-refractivity contribution in [2.75, 3.05) is 0 Å². The van der Waals surface area contributed by atoms with Crippen LogP contribution in [0.15, 0.2) is 63.2 Å². The molecule has 0 bridgehead atoms. The molecule has 2 rings (SSSR count). The van der Waals surface area contributed by atoms with Crippen molar-refractivity contribution in [3.05, 3.63) is 54.1 Å². The molecule has 29 heavy (non-hydrogen) atoms. The van der Waals surface area contributed by atoms with Gasteiger partial charge in [0.1, 0.15) is 11.6 Å². The van der Waals surface area contributed by atoms with Crippen LogP contribution in [0.3, 0.4) is 0 Å². The molecule has 0 spiro atoms. The van der Waals surface area contributed by atoms with Crippen LogP contribution in [0.2, 0.25) is 0 Å². The van der Waals surface area contributed by atoms with Crippen LogP contribution < -0.4 is 4.72 Å². The Bertz CT molecular complexity index is 928. The fourth-order valence-electron chi connectivity index (χ4n) is 2.49. The number of carbonyl (C=O) groups excluding carboxylic acids is 1. The number of aryl methyl sites for hydroxylation is 1. The highest BCUT2D eigenvalue weighted by molar-refractivity contribution is 7.99. The third kappa shape index (κ3) is 7.17. The number of rotatable bonds is 7. The highest BCUT2D eigenvalue weighted by Gasteiger charge is 2.32. The molecule has 0 radical (unpaired) electrons. The fourth-order valence-corrected chi connectivity index (χ4v) is 4.64. The van der Waals surface area contributed by atoms with Gasteiger partial charge in [-0.15, -0.1) is 0 Å². The monoisotopic (exact) mass is 435 g/mol. The maximum atomic E-state index is 12.8. The topological polar surface area (TPSA) is 72.5 Å². The van der Waals surface area contributed by atoms with Crippen LogP contribution >= 0.6 is 11.8 Å². The van der Waals surface area contributed by atoms with E-state index in [-0.39, 0.29) is 10.8 Å². The second-order valence-corrected chi connectivity index (χ2v) is 11.1. The molecule has 2 aromatic rings. The molecule has 2 aromatic carbocycles. The van der Waals surface area contributed by atoms with Gasteiger partial charge >= 0.3 is 5.97 Å². The largest absolute Gasteiger partial charge is 0.459 e. The number of esters is 1. The summed E-state index contributed by atoms with van der Waals surface area (Å²) in [4.78, 5) is 14.6. The summed E-state index contributed by atoms with van der Waals surface area (Å²) in [5.74, 6) is -0.835. The lowest BCUT2D eigenvalue weighted by Crippen LogP contribution is -2.47. The molecule has 0 fully saturated rings. The van der Waals surface area contributed by atoms with Crippen LogP contribution in [0.5, 0.6) is 0 Å². The lowest BCUT2D eigenvalue weighted by molar-refractivity contribution is -0.158. The molecule has 0 heterocycles. The van der Waals surface area contributed by atoms with Crippen molar-refractivity contribution in [2.45, 2.75) is 67.9 Å². The number of ether oxygens (including phenoxy) is 1. The summed E-state index contributed by atoms with van der Waals surface area (Å²) in [5, 5.41) is 0. The predicted molar refractivity (Wildman–Crippen MR) is 117 cm³/mol. The lowest BCUT2D eigenvalue weighted by atomic mass is 10.1. The van der Waals surface area contributed by atoms with E-state index in [2.05, 4.69) is 4.72 Å². The molecule has 1 atom stereocenters. The molecule has 0 aliphatic heterocycles. The van der Waals surface area contributed by atoms with Crippen molar-refractivity contribution in [2.24, 2.45) is 5.92 Å². The molecule has 7 heteroatoms. The Balaban J connectivity index is 2.14. The molecule has 0 aliphatic carbocycles. The highest BCUT2D eigenvalue weighted by Crippen LogP contribution is 2.28. The normalized spacial score (nSPS) is 13.3. The maximum Gasteiger partial charge on any atom is 0.324 e. The minimum atomic E-state index is -3.86. The average molecular weight is 436 g/mol. The van der Waals surface area contributed by atoms with Crippen molar-refractivity contribution < 1.29 is 17.9 Å². The van der Waals surface area contributed by atoms with Gasteiger partial charge in [0.2, 0.25) is 10.0 Å². The van der Waals surface area contributed by atoms with Gasteiger partial charge in [-0.25, -0.2) is 8.42 Å². The zero-order valence-corrected chi connectivity index (χ0v) is 19.4. The number of sulfonamides is 1. The van der Waals surface area contributed by atoms with Gasteiger partial charge in [-0.3, -0.25) is 4.79 Å². The standard InChI is InChI=1S/C22H29NO4S2/c1-15(2)20(21(24)27-22(4,5)6)23-29(25,26)19-13-11-18(12-14-19)28-17-9-7-16(3)8-10-17/h7-15,20,23H,1-6H3/t20-/m0/s1. The van der Waals surface area contributed by atoms with Crippen LogP contribution in [-0.4, -0.2) is 26.0 Å². The van der Waals surface area contributed by atoms with Crippen molar-refractivity contribution in [3.63, 3.8) is 0 Å². The summed E-state index contributed by atoms with van der Waals surface area (Å²) >= 11 is 1.56. The molecule has 0 amide bonds. The van der Waals surface area contributed by atoms with Gasteiger partial charge in [0.25, 0.3) is 0 Å². The molecular formula is C22H29NO4S2. The first-order chi connectivity index (χ1) is 13.4. The van der Waals surface area contributed by atoms with Crippen LogP contribution in [-0.2, 0) is 19.6 Å². The lowest BCUT2D eigenvalue weighted by Gasteiger charge is -2.26. The Hall–Kier alpha value is -1.83.